The van der Waals surface area contributed by atoms with E-state index in [4.69, 9.17) is 4.74 Å². The van der Waals surface area contributed by atoms with Crippen molar-refractivity contribution in [1.29, 1.82) is 0 Å². The van der Waals surface area contributed by atoms with E-state index in [2.05, 4.69) is 19.2 Å². The van der Waals surface area contributed by atoms with Crippen molar-refractivity contribution in [3.63, 3.8) is 0 Å². The van der Waals surface area contributed by atoms with Crippen molar-refractivity contribution >= 4 is 5.97 Å². The molecule has 1 saturated heterocycles. The summed E-state index contributed by atoms with van der Waals surface area (Å²) >= 11 is 0. The summed E-state index contributed by atoms with van der Waals surface area (Å²) in [5, 5.41) is 3.29. The molecule has 2 unspecified atom stereocenters. The Morgan fingerprint density at radius 3 is 2.78 bits per heavy atom. The predicted octanol–water partition coefficient (Wildman–Crippen LogP) is 3.14. The highest BCUT2D eigenvalue weighted by Gasteiger charge is 2.36. The smallest absolute Gasteiger partial charge is 0.313 e. The third-order valence-electron chi connectivity index (χ3n) is 4.08. The van der Waals surface area contributed by atoms with E-state index < -0.39 is 0 Å². The van der Waals surface area contributed by atoms with Gasteiger partial charge in [-0.2, -0.15) is 0 Å². The molecule has 0 bridgehead atoms. The minimum atomic E-state index is -0.304. The van der Waals surface area contributed by atoms with E-state index in [0.717, 1.165) is 32.4 Å². The van der Waals surface area contributed by atoms with Crippen LogP contribution in [-0.2, 0) is 9.53 Å². The summed E-state index contributed by atoms with van der Waals surface area (Å²) in [6.07, 6.45) is 6.74. The Labute approximate surface area is 112 Å². The average Bonchev–Trinajstić information content (AvgIpc) is 2.39. The summed E-state index contributed by atoms with van der Waals surface area (Å²) < 4.78 is 5.56. The zero-order chi connectivity index (χ0) is 13.4. The van der Waals surface area contributed by atoms with Crippen LogP contribution in [0.5, 0.6) is 0 Å². The molecule has 1 aliphatic heterocycles. The molecular weight excluding hydrogens is 226 g/mol. The molecule has 0 spiro atoms. The van der Waals surface area contributed by atoms with Crippen molar-refractivity contribution in [2.45, 2.75) is 59.3 Å². The van der Waals surface area contributed by atoms with Crippen LogP contribution in [0.3, 0.4) is 0 Å². The van der Waals surface area contributed by atoms with Crippen molar-refractivity contribution < 1.29 is 9.53 Å². The van der Waals surface area contributed by atoms with Crippen molar-refractivity contribution in [3.05, 3.63) is 0 Å². The van der Waals surface area contributed by atoms with Crippen LogP contribution in [0.25, 0.3) is 0 Å². The highest BCUT2D eigenvalue weighted by molar-refractivity contribution is 5.76. The monoisotopic (exact) mass is 255 g/mol. The van der Waals surface area contributed by atoms with Gasteiger partial charge in [-0.05, 0) is 38.6 Å². The van der Waals surface area contributed by atoms with E-state index in [0.29, 0.717) is 12.5 Å². The number of piperidine rings is 1. The number of rotatable bonds is 7. The molecule has 1 fully saturated rings. The summed E-state index contributed by atoms with van der Waals surface area (Å²) in [6, 6.07) is 0. The molecule has 106 valence electrons. The first kappa shape index (κ1) is 15.5. The zero-order valence-corrected chi connectivity index (χ0v) is 12.3. The minimum Gasteiger partial charge on any atom is -0.465 e. The molecule has 0 amide bonds. The van der Waals surface area contributed by atoms with Gasteiger partial charge < -0.3 is 10.1 Å². The van der Waals surface area contributed by atoms with Gasteiger partial charge >= 0.3 is 5.97 Å². The van der Waals surface area contributed by atoms with Gasteiger partial charge in [0.05, 0.1) is 12.0 Å². The van der Waals surface area contributed by atoms with E-state index in [1.165, 1.54) is 19.3 Å². The summed E-state index contributed by atoms with van der Waals surface area (Å²) in [5.74, 6) is 0.527. The van der Waals surface area contributed by atoms with Gasteiger partial charge in [0.1, 0.15) is 0 Å². The predicted molar refractivity (Wildman–Crippen MR) is 74.5 cm³/mol. The van der Waals surface area contributed by atoms with Crippen LogP contribution in [0.1, 0.15) is 59.3 Å². The fraction of sp³-hybridized carbons (Fsp3) is 0.933. The Morgan fingerprint density at radius 2 is 2.22 bits per heavy atom. The Kier molecular flexibility index (Phi) is 6.69. The number of carbonyl (C=O) groups is 1. The lowest BCUT2D eigenvalue weighted by Crippen LogP contribution is -2.44. The van der Waals surface area contributed by atoms with E-state index >= 15 is 0 Å². The number of nitrogens with one attached hydrogen (secondary N) is 1. The quantitative estimate of drug-likeness (QED) is 0.710. The Hall–Kier alpha value is -0.570. The molecular formula is C15H29NO2. The molecule has 1 heterocycles. The number of carbonyl (C=O) groups excluding carboxylic acids is 1. The molecule has 2 atom stereocenters. The topological polar surface area (TPSA) is 38.3 Å². The van der Waals surface area contributed by atoms with Gasteiger partial charge in [0.25, 0.3) is 0 Å². The van der Waals surface area contributed by atoms with Gasteiger partial charge in [-0.15, -0.1) is 0 Å². The Balaban J connectivity index is 2.34. The number of unbranched alkanes of at least 4 members (excludes halogenated alkanes) is 1. The van der Waals surface area contributed by atoms with Crippen LogP contribution >= 0.6 is 0 Å². The van der Waals surface area contributed by atoms with Crippen molar-refractivity contribution in [1.82, 2.24) is 5.32 Å². The first-order chi connectivity index (χ1) is 8.62. The fourth-order valence-corrected chi connectivity index (χ4v) is 2.50. The summed E-state index contributed by atoms with van der Waals surface area (Å²) in [6.45, 7) is 8.79. The molecule has 1 N–H and O–H groups in total. The van der Waals surface area contributed by atoms with Gasteiger partial charge in [-0.25, -0.2) is 0 Å². The summed E-state index contributed by atoms with van der Waals surface area (Å²) in [7, 11) is 0. The molecule has 0 radical (unpaired) electrons. The minimum absolute atomic E-state index is 0.00958. The van der Waals surface area contributed by atoms with Crippen LogP contribution < -0.4 is 5.32 Å². The van der Waals surface area contributed by atoms with Gasteiger partial charge in [-0.3, -0.25) is 4.79 Å². The maximum Gasteiger partial charge on any atom is 0.313 e. The number of hydrogen-bond donors (Lipinski definition) is 1. The highest BCUT2D eigenvalue weighted by atomic mass is 16.5. The van der Waals surface area contributed by atoms with E-state index in [-0.39, 0.29) is 11.4 Å². The maximum absolute atomic E-state index is 12.2. The number of esters is 1. The number of hydrogen-bond acceptors (Lipinski definition) is 3. The van der Waals surface area contributed by atoms with E-state index in [9.17, 15) is 4.79 Å². The van der Waals surface area contributed by atoms with Crippen molar-refractivity contribution in [3.8, 4) is 0 Å². The molecule has 0 aromatic rings. The van der Waals surface area contributed by atoms with Crippen LogP contribution in [-0.4, -0.2) is 25.7 Å². The first-order valence-corrected chi connectivity index (χ1v) is 7.50. The summed E-state index contributed by atoms with van der Waals surface area (Å²) in [5.41, 5.74) is -0.304. The van der Waals surface area contributed by atoms with Crippen LogP contribution in [0, 0.1) is 11.3 Å². The van der Waals surface area contributed by atoms with Gasteiger partial charge in [-0.1, -0.05) is 33.1 Å². The lowest BCUT2D eigenvalue weighted by atomic mass is 9.83. The van der Waals surface area contributed by atoms with Crippen molar-refractivity contribution in [2.75, 3.05) is 19.7 Å². The van der Waals surface area contributed by atoms with Crippen LogP contribution in [0.2, 0.25) is 0 Å². The molecule has 3 heteroatoms. The second kappa shape index (κ2) is 7.78. The lowest BCUT2D eigenvalue weighted by molar-refractivity contribution is -0.157. The molecule has 1 aliphatic rings. The van der Waals surface area contributed by atoms with Crippen LogP contribution in [0.4, 0.5) is 0 Å². The van der Waals surface area contributed by atoms with Crippen LogP contribution in [0.15, 0.2) is 0 Å². The molecule has 0 saturated carbocycles. The molecule has 0 aliphatic carbocycles. The molecule has 1 rings (SSSR count). The van der Waals surface area contributed by atoms with Gasteiger partial charge in [0.2, 0.25) is 0 Å². The third-order valence-corrected chi connectivity index (χ3v) is 4.08. The SMILES string of the molecule is CCCCC(CC)COC(=O)C1(C)CCCNC1. The highest BCUT2D eigenvalue weighted by Crippen LogP contribution is 2.27. The average molecular weight is 255 g/mol. The number of ether oxygens (including phenoxy) is 1. The second-order valence-corrected chi connectivity index (χ2v) is 5.86. The zero-order valence-electron chi connectivity index (χ0n) is 12.3. The summed E-state index contributed by atoms with van der Waals surface area (Å²) in [4.78, 5) is 12.2. The molecule has 18 heavy (non-hydrogen) atoms. The third kappa shape index (κ3) is 4.60. The second-order valence-electron chi connectivity index (χ2n) is 5.86. The molecule has 3 nitrogen and oxygen atoms in total. The normalized spacial score (nSPS) is 25.7. The van der Waals surface area contributed by atoms with Gasteiger partial charge in [0, 0.05) is 6.54 Å². The van der Waals surface area contributed by atoms with Crippen molar-refractivity contribution in [2.24, 2.45) is 11.3 Å². The Morgan fingerprint density at radius 1 is 1.44 bits per heavy atom. The van der Waals surface area contributed by atoms with E-state index in [1.807, 2.05) is 6.92 Å². The first-order valence-electron chi connectivity index (χ1n) is 7.50. The fourth-order valence-electron chi connectivity index (χ4n) is 2.50. The lowest BCUT2D eigenvalue weighted by Gasteiger charge is -2.32. The van der Waals surface area contributed by atoms with E-state index in [1.54, 1.807) is 0 Å². The molecule has 0 aromatic carbocycles. The standard InChI is InChI=1S/C15H29NO2/c1-4-6-8-13(5-2)11-18-14(17)15(3)9-7-10-16-12-15/h13,16H,4-12H2,1-3H3. The Bertz CT molecular complexity index is 247. The van der Waals surface area contributed by atoms with Gasteiger partial charge in [0.15, 0.2) is 0 Å². The largest absolute Gasteiger partial charge is 0.465 e. The molecule has 0 aromatic heterocycles. The maximum atomic E-state index is 12.2.